The van der Waals surface area contributed by atoms with Crippen LogP contribution in [0, 0.1) is 0 Å². The van der Waals surface area contributed by atoms with E-state index >= 15 is 0 Å². The van der Waals surface area contributed by atoms with Crippen molar-refractivity contribution in [1.82, 2.24) is 4.57 Å². The maximum absolute atomic E-state index is 12.8. The molecule has 0 spiro atoms. The number of aromatic nitrogens is 1. The van der Waals surface area contributed by atoms with Gasteiger partial charge in [-0.25, -0.2) is 0 Å². The van der Waals surface area contributed by atoms with E-state index in [1.807, 2.05) is 45.0 Å². The quantitative estimate of drug-likeness (QED) is 0.286. The monoisotopic (exact) mass is 447 g/mol. The van der Waals surface area contributed by atoms with Crippen molar-refractivity contribution in [3.05, 3.63) is 46.4 Å². The molecule has 0 aliphatic rings. The molecule has 1 aromatic heterocycles. The molecular weight excluding hydrogens is 410 g/mol. The lowest BCUT2D eigenvalue weighted by atomic mass is 10.0. The van der Waals surface area contributed by atoms with Crippen LogP contribution in [-0.2, 0) is 32.2 Å². The van der Waals surface area contributed by atoms with Gasteiger partial charge in [0.2, 0.25) is 0 Å². The zero-order chi connectivity index (χ0) is 23.1. The number of hydrogen-bond acceptors (Lipinski definition) is 5. The van der Waals surface area contributed by atoms with Gasteiger partial charge in [-0.15, -0.1) is 0 Å². The molecule has 6 nitrogen and oxygen atoms in total. The summed E-state index contributed by atoms with van der Waals surface area (Å²) in [5, 5.41) is 1.61. The lowest BCUT2D eigenvalue weighted by Crippen LogP contribution is -2.25. The molecule has 0 aliphatic carbocycles. The first-order chi connectivity index (χ1) is 14.5. The van der Waals surface area contributed by atoms with Gasteiger partial charge >= 0.3 is 5.97 Å². The minimum absolute atomic E-state index is 0.0433. The summed E-state index contributed by atoms with van der Waals surface area (Å²) in [7, 11) is -1.15. The Labute approximate surface area is 186 Å². The number of rotatable bonds is 11. The van der Waals surface area contributed by atoms with Gasteiger partial charge in [0.05, 0.1) is 19.6 Å². The number of carbonyl (C=O) groups excluding carboxylic acids is 1. The maximum atomic E-state index is 12.8. The molecule has 0 saturated heterocycles. The van der Waals surface area contributed by atoms with Gasteiger partial charge in [0, 0.05) is 26.3 Å². The number of nitrogens with zero attached hydrogens (tertiary/aromatic N) is 1. The summed E-state index contributed by atoms with van der Waals surface area (Å²) in [4.78, 5) is 24.6. The van der Waals surface area contributed by atoms with Crippen molar-refractivity contribution in [3.8, 4) is 0 Å². The topological polar surface area (TPSA) is 66.8 Å². The first kappa shape index (κ1) is 25.3. The van der Waals surface area contributed by atoms with Gasteiger partial charge in [-0.05, 0) is 56.3 Å². The fraction of sp³-hybridized carbons (Fsp3) is 0.583. The van der Waals surface area contributed by atoms with Crippen LogP contribution in [0.3, 0.4) is 0 Å². The lowest BCUT2D eigenvalue weighted by molar-refractivity contribution is -0.156. The van der Waals surface area contributed by atoms with Crippen LogP contribution in [0.15, 0.2) is 35.3 Å². The third kappa shape index (κ3) is 8.97. The molecule has 1 heterocycles. The van der Waals surface area contributed by atoms with Gasteiger partial charge < -0.3 is 14.2 Å². The van der Waals surface area contributed by atoms with E-state index in [4.69, 9.17) is 14.2 Å². The number of fused-ring (bicyclic) bond motifs is 1. The Kier molecular flexibility index (Phi) is 9.03. The summed E-state index contributed by atoms with van der Waals surface area (Å²) in [5.41, 5.74) is 0.531. The summed E-state index contributed by atoms with van der Waals surface area (Å²) in [6.07, 6.45) is 2.70. The summed E-state index contributed by atoms with van der Waals surface area (Å²) >= 11 is 0. The Morgan fingerprint density at radius 1 is 1.00 bits per heavy atom. The zero-order valence-electron chi connectivity index (χ0n) is 19.8. The molecule has 0 radical (unpaired) electrons. The maximum Gasteiger partial charge on any atom is 0.308 e. The van der Waals surface area contributed by atoms with Crippen LogP contribution < -0.4 is 5.56 Å². The SMILES string of the molecule is CC(C)(C)OC(=O)CCOCCc1cccc2c(=O)n(COCC[Si](C)(C)C)ccc12. The molecule has 1 aromatic carbocycles. The fourth-order valence-corrected chi connectivity index (χ4v) is 3.83. The highest BCUT2D eigenvalue weighted by atomic mass is 28.3. The molecule has 0 fully saturated rings. The van der Waals surface area contributed by atoms with Gasteiger partial charge in [0.1, 0.15) is 12.3 Å². The van der Waals surface area contributed by atoms with Crippen molar-refractivity contribution in [2.75, 3.05) is 19.8 Å². The molecule has 0 N–H and O–H groups in total. The van der Waals surface area contributed by atoms with Crippen molar-refractivity contribution in [2.24, 2.45) is 0 Å². The third-order valence-corrected chi connectivity index (χ3v) is 6.43. The highest BCUT2D eigenvalue weighted by Gasteiger charge is 2.16. The Balaban J connectivity index is 1.90. The fourth-order valence-electron chi connectivity index (χ4n) is 3.08. The summed E-state index contributed by atoms with van der Waals surface area (Å²) in [6, 6.07) is 8.80. The zero-order valence-corrected chi connectivity index (χ0v) is 20.8. The Morgan fingerprint density at radius 2 is 1.74 bits per heavy atom. The number of carbonyl (C=O) groups is 1. The van der Waals surface area contributed by atoms with E-state index < -0.39 is 13.7 Å². The summed E-state index contributed by atoms with van der Waals surface area (Å²) < 4.78 is 18.2. The molecule has 0 aliphatic heterocycles. The highest BCUT2D eigenvalue weighted by molar-refractivity contribution is 6.76. The van der Waals surface area contributed by atoms with Crippen molar-refractivity contribution < 1.29 is 19.0 Å². The first-order valence-electron chi connectivity index (χ1n) is 10.9. The molecule has 2 rings (SSSR count). The number of pyridine rings is 1. The van der Waals surface area contributed by atoms with Crippen molar-refractivity contribution in [3.63, 3.8) is 0 Å². The first-order valence-corrected chi connectivity index (χ1v) is 14.7. The van der Waals surface area contributed by atoms with Crippen LogP contribution in [0.25, 0.3) is 10.8 Å². The summed E-state index contributed by atoms with van der Waals surface area (Å²) in [6.45, 7) is 14.2. The molecule has 0 unspecified atom stereocenters. The second-order valence-electron chi connectivity index (χ2n) is 10.0. The highest BCUT2D eigenvalue weighted by Crippen LogP contribution is 2.17. The van der Waals surface area contributed by atoms with E-state index in [2.05, 4.69) is 19.6 Å². The van der Waals surface area contributed by atoms with Crippen LogP contribution in [0.5, 0.6) is 0 Å². The molecule has 0 bridgehead atoms. The van der Waals surface area contributed by atoms with Crippen LogP contribution >= 0.6 is 0 Å². The van der Waals surface area contributed by atoms with Crippen molar-refractivity contribution >= 4 is 24.8 Å². The minimum Gasteiger partial charge on any atom is -0.460 e. The smallest absolute Gasteiger partial charge is 0.308 e. The second kappa shape index (κ2) is 11.1. The van der Waals surface area contributed by atoms with E-state index in [1.165, 1.54) is 0 Å². The van der Waals surface area contributed by atoms with Gasteiger partial charge in [-0.1, -0.05) is 31.8 Å². The average Bonchev–Trinajstić information content (AvgIpc) is 2.64. The average molecular weight is 448 g/mol. The number of esters is 1. The van der Waals surface area contributed by atoms with Crippen molar-refractivity contribution in [1.29, 1.82) is 0 Å². The second-order valence-corrected chi connectivity index (χ2v) is 15.6. The normalized spacial score (nSPS) is 12.3. The molecule has 0 atom stereocenters. The Hall–Kier alpha value is -1.96. The number of benzene rings is 1. The van der Waals surface area contributed by atoms with Crippen LogP contribution in [0.2, 0.25) is 25.7 Å². The molecular formula is C24H37NO5Si. The van der Waals surface area contributed by atoms with E-state index in [1.54, 1.807) is 10.8 Å². The Bertz CT molecular complexity index is 924. The van der Waals surface area contributed by atoms with Gasteiger partial charge in [-0.3, -0.25) is 14.2 Å². The number of ether oxygens (including phenoxy) is 3. The predicted octanol–water partition coefficient (Wildman–Crippen LogP) is 4.60. The van der Waals surface area contributed by atoms with E-state index in [0.29, 0.717) is 31.6 Å². The van der Waals surface area contributed by atoms with Gasteiger partial charge in [-0.2, -0.15) is 0 Å². The van der Waals surface area contributed by atoms with Crippen LogP contribution in [0.4, 0.5) is 0 Å². The lowest BCUT2D eigenvalue weighted by Gasteiger charge is -2.19. The molecule has 172 valence electrons. The molecule has 0 saturated carbocycles. The minimum atomic E-state index is -1.15. The molecule has 0 amide bonds. The van der Waals surface area contributed by atoms with Gasteiger partial charge in [0.15, 0.2) is 0 Å². The van der Waals surface area contributed by atoms with E-state index in [-0.39, 0.29) is 24.7 Å². The largest absolute Gasteiger partial charge is 0.460 e. The third-order valence-electron chi connectivity index (χ3n) is 4.72. The standard InChI is InChI=1S/C24H37NO5Si/c1-24(2,3)30-22(26)12-15-28-14-11-19-8-7-9-21-20(19)10-13-25(23(21)27)18-29-16-17-31(4,5)6/h7-10,13H,11-12,14-18H2,1-6H3. The van der Waals surface area contributed by atoms with Crippen LogP contribution in [-0.4, -0.2) is 44.0 Å². The van der Waals surface area contributed by atoms with E-state index in [9.17, 15) is 9.59 Å². The summed E-state index contributed by atoms with van der Waals surface area (Å²) in [5.74, 6) is -0.259. The Morgan fingerprint density at radius 3 is 2.42 bits per heavy atom. The molecule has 2 aromatic rings. The van der Waals surface area contributed by atoms with E-state index in [0.717, 1.165) is 17.0 Å². The molecule has 7 heteroatoms. The molecule has 31 heavy (non-hydrogen) atoms. The number of hydrogen-bond donors (Lipinski definition) is 0. The van der Waals surface area contributed by atoms with Crippen LogP contribution in [0.1, 0.15) is 32.8 Å². The van der Waals surface area contributed by atoms with Crippen molar-refractivity contribution in [2.45, 2.75) is 71.6 Å². The van der Waals surface area contributed by atoms with Gasteiger partial charge in [0.25, 0.3) is 5.56 Å². The predicted molar refractivity (Wildman–Crippen MR) is 127 cm³/mol.